The van der Waals surface area contributed by atoms with Crippen LogP contribution in [-0.4, -0.2) is 39.5 Å². The van der Waals surface area contributed by atoms with Crippen molar-refractivity contribution in [3.63, 3.8) is 0 Å². The van der Waals surface area contributed by atoms with Gasteiger partial charge in [-0.05, 0) is 38.6 Å². The third-order valence-corrected chi connectivity index (χ3v) is 5.31. The van der Waals surface area contributed by atoms with Gasteiger partial charge in [-0.3, -0.25) is 0 Å². The van der Waals surface area contributed by atoms with E-state index < -0.39 is 0 Å². The molecule has 0 atom stereocenters. The summed E-state index contributed by atoms with van der Waals surface area (Å²) in [6, 6.07) is 0.579. The van der Waals surface area contributed by atoms with Crippen molar-refractivity contribution >= 4 is 0 Å². The molecule has 0 unspecified atom stereocenters. The summed E-state index contributed by atoms with van der Waals surface area (Å²) in [7, 11) is 0. The van der Waals surface area contributed by atoms with Gasteiger partial charge < -0.3 is 4.90 Å². The van der Waals surface area contributed by atoms with E-state index in [1.54, 1.807) is 0 Å². The Hall–Kier alpha value is -0.900. The lowest BCUT2D eigenvalue weighted by Crippen LogP contribution is -2.35. The van der Waals surface area contributed by atoms with Gasteiger partial charge in [0.05, 0.1) is 11.7 Å². The molecule has 0 amide bonds. The molecule has 21 heavy (non-hydrogen) atoms. The monoisotopic (exact) mass is 290 g/mol. The number of rotatable bonds is 6. The molecule has 0 spiro atoms. The lowest BCUT2D eigenvalue weighted by Gasteiger charge is -2.31. The third kappa shape index (κ3) is 3.85. The van der Waals surface area contributed by atoms with Crippen LogP contribution in [-0.2, 0) is 0 Å². The molecule has 4 nitrogen and oxygen atoms in total. The molecule has 1 saturated heterocycles. The largest absolute Gasteiger partial charge is 0.303 e. The Morgan fingerprint density at radius 3 is 2.57 bits per heavy atom. The molecule has 0 radical (unpaired) electrons. The van der Waals surface area contributed by atoms with Gasteiger partial charge in [-0.1, -0.05) is 37.8 Å². The summed E-state index contributed by atoms with van der Waals surface area (Å²) >= 11 is 0. The second-order valence-electron chi connectivity index (χ2n) is 6.88. The van der Waals surface area contributed by atoms with E-state index in [9.17, 15) is 0 Å². The van der Waals surface area contributed by atoms with Crippen molar-refractivity contribution in [2.75, 3.05) is 19.6 Å². The first-order valence-corrected chi connectivity index (χ1v) is 9.01. The van der Waals surface area contributed by atoms with Gasteiger partial charge in [-0.25, -0.2) is 4.68 Å². The number of unbranched alkanes of at least 4 members (excludes halogenated alkanes) is 2. The number of likely N-dealkylation sites (tertiary alicyclic amines) is 1. The zero-order valence-electron chi connectivity index (χ0n) is 13.5. The predicted octanol–water partition coefficient (Wildman–Crippen LogP) is 3.76. The minimum atomic E-state index is 0.579. The first kappa shape index (κ1) is 15.0. The van der Waals surface area contributed by atoms with Crippen molar-refractivity contribution in [1.82, 2.24) is 19.9 Å². The van der Waals surface area contributed by atoms with Crippen LogP contribution in [0.3, 0.4) is 0 Å². The second kappa shape index (κ2) is 7.39. The fourth-order valence-corrected chi connectivity index (χ4v) is 3.87. The molecule has 2 aliphatic rings. The molecule has 1 aliphatic carbocycles. The molecule has 1 aromatic rings. The molecule has 0 N–H and O–H groups in total. The maximum absolute atomic E-state index is 4.45. The highest BCUT2D eigenvalue weighted by atomic mass is 15.4. The number of aromatic nitrogens is 3. The van der Waals surface area contributed by atoms with E-state index in [-0.39, 0.29) is 0 Å². The molecule has 2 fully saturated rings. The normalized spacial score (nSPS) is 22.1. The summed E-state index contributed by atoms with van der Waals surface area (Å²) in [5.41, 5.74) is 1.25. The molecule has 0 bridgehead atoms. The van der Waals surface area contributed by atoms with Crippen LogP contribution >= 0.6 is 0 Å². The summed E-state index contributed by atoms with van der Waals surface area (Å²) < 4.78 is 2.16. The van der Waals surface area contributed by atoms with Crippen LogP contribution in [0.5, 0.6) is 0 Å². The Morgan fingerprint density at radius 1 is 1.10 bits per heavy atom. The van der Waals surface area contributed by atoms with Crippen molar-refractivity contribution < 1.29 is 0 Å². The topological polar surface area (TPSA) is 34.0 Å². The van der Waals surface area contributed by atoms with Crippen LogP contribution in [0.4, 0.5) is 0 Å². The number of hydrogen-bond donors (Lipinski definition) is 0. The van der Waals surface area contributed by atoms with Gasteiger partial charge in [0.2, 0.25) is 0 Å². The first-order valence-electron chi connectivity index (χ1n) is 9.01. The van der Waals surface area contributed by atoms with Gasteiger partial charge in [0.25, 0.3) is 0 Å². The first-order chi connectivity index (χ1) is 10.4. The Morgan fingerprint density at radius 2 is 1.86 bits per heavy atom. The van der Waals surface area contributed by atoms with Gasteiger partial charge in [0, 0.05) is 25.2 Å². The van der Waals surface area contributed by atoms with E-state index in [0.29, 0.717) is 12.0 Å². The van der Waals surface area contributed by atoms with E-state index >= 15 is 0 Å². The lowest BCUT2D eigenvalue weighted by atomic mass is 10.0. The van der Waals surface area contributed by atoms with Gasteiger partial charge in [-0.15, -0.1) is 5.10 Å². The molecule has 0 aromatic carbocycles. The van der Waals surface area contributed by atoms with Gasteiger partial charge in [0.15, 0.2) is 0 Å². The van der Waals surface area contributed by atoms with Gasteiger partial charge in [-0.2, -0.15) is 0 Å². The standard InChI is InChI=1S/C17H30N4/c1-2-3-6-11-20-12-9-16(10-13-20)21-14-17(18-19-21)15-7-4-5-8-15/h14-16H,2-13H2,1H3. The lowest BCUT2D eigenvalue weighted by molar-refractivity contribution is 0.176. The van der Waals surface area contributed by atoms with Gasteiger partial charge >= 0.3 is 0 Å². The summed E-state index contributed by atoms with van der Waals surface area (Å²) in [4.78, 5) is 2.63. The van der Waals surface area contributed by atoms with Crippen LogP contribution in [0.1, 0.15) is 82.4 Å². The van der Waals surface area contributed by atoms with Crippen molar-refractivity contribution in [3.8, 4) is 0 Å². The van der Waals surface area contributed by atoms with Crippen LogP contribution in [0.2, 0.25) is 0 Å². The van der Waals surface area contributed by atoms with Crippen molar-refractivity contribution in [2.45, 2.75) is 76.7 Å². The molecule has 3 rings (SSSR count). The summed E-state index contributed by atoms with van der Waals surface area (Å²) in [6.45, 7) is 6.02. The van der Waals surface area contributed by atoms with Crippen LogP contribution in [0, 0.1) is 0 Å². The minimum Gasteiger partial charge on any atom is -0.303 e. The van der Waals surface area contributed by atoms with Crippen molar-refractivity contribution in [2.24, 2.45) is 0 Å². The molecule has 4 heteroatoms. The highest BCUT2D eigenvalue weighted by Gasteiger charge is 2.24. The Balaban J connectivity index is 1.48. The Labute approximate surface area is 128 Å². The smallest absolute Gasteiger partial charge is 0.0858 e. The number of nitrogens with zero attached hydrogens (tertiary/aromatic N) is 4. The number of hydrogen-bond acceptors (Lipinski definition) is 3. The average Bonchev–Trinajstić information content (AvgIpc) is 3.19. The molecule has 1 aliphatic heterocycles. The molecular formula is C17H30N4. The zero-order chi connectivity index (χ0) is 14.5. The SMILES string of the molecule is CCCCCN1CCC(n2cc(C3CCCC3)nn2)CC1. The van der Waals surface area contributed by atoms with Crippen molar-refractivity contribution in [3.05, 3.63) is 11.9 Å². The van der Waals surface area contributed by atoms with E-state index in [4.69, 9.17) is 0 Å². The highest BCUT2D eigenvalue weighted by molar-refractivity contribution is 5.04. The van der Waals surface area contributed by atoms with Crippen LogP contribution in [0.15, 0.2) is 6.20 Å². The fraction of sp³-hybridized carbons (Fsp3) is 0.882. The number of piperidine rings is 1. The van der Waals surface area contributed by atoms with Crippen LogP contribution in [0.25, 0.3) is 0 Å². The van der Waals surface area contributed by atoms with E-state index in [2.05, 4.69) is 33.0 Å². The molecule has 1 saturated carbocycles. The van der Waals surface area contributed by atoms with E-state index in [1.807, 2.05) is 0 Å². The van der Waals surface area contributed by atoms with Crippen LogP contribution < -0.4 is 0 Å². The summed E-state index contributed by atoms with van der Waals surface area (Å²) in [6.07, 6.45) is 14.1. The molecular weight excluding hydrogens is 260 g/mol. The summed E-state index contributed by atoms with van der Waals surface area (Å²) in [5, 5.41) is 8.89. The average molecular weight is 290 g/mol. The Kier molecular flexibility index (Phi) is 5.28. The highest BCUT2D eigenvalue weighted by Crippen LogP contribution is 2.33. The summed E-state index contributed by atoms with van der Waals surface area (Å²) in [5.74, 6) is 0.688. The maximum atomic E-state index is 4.45. The second-order valence-corrected chi connectivity index (χ2v) is 6.88. The molecule has 1 aromatic heterocycles. The van der Waals surface area contributed by atoms with E-state index in [1.165, 1.54) is 83.1 Å². The maximum Gasteiger partial charge on any atom is 0.0858 e. The minimum absolute atomic E-state index is 0.579. The molecule has 2 heterocycles. The third-order valence-electron chi connectivity index (χ3n) is 5.31. The van der Waals surface area contributed by atoms with Crippen molar-refractivity contribution in [1.29, 1.82) is 0 Å². The van der Waals surface area contributed by atoms with E-state index in [0.717, 1.165) is 0 Å². The Bertz CT molecular complexity index is 414. The van der Waals surface area contributed by atoms with Gasteiger partial charge in [0.1, 0.15) is 0 Å². The predicted molar refractivity (Wildman–Crippen MR) is 85.5 cm³/mol. The quantitative estimate of drug-likeness (QED) is 0.748. The zero-order valence-corrected chi connectivity index (χ0v) is 13.5. The molecule has 118 valence electrons. The fourth-order valence-electron chi connectivity index (χ4n) is 3.87.